The van der Waals surface area contributed by atoms with Crippen molar-refractivity contribution in [2.75, 3.05) is 26.7 Å². The second-order valence-corrected chi connectivity index (χ2v) is 2.57. The summed E-state index contributed by atoms with van der Waals surface area (Å²) in [7, 11) is 2.10. The molecule has 9 heavy (non-hydrogen) atoms. The molecule has 0 saturated carbocycles. The molecule has 0 aromatic heterocycles. The predicted octanol–water partition coefficient (Wildman–Crippen LogP) is 0.852. The maximum atomic E-state index is 5.17. The largest absolute Gasteiger partial charge is 0.500 e. The Balaban J connectivity index is 2.44. The molecule has 52 valence electrons. The highest BCUT2D eigenvalue weighted by Gasteiger charge is 2.02. The Labute approximate surface area is 56.1 Å². The SMILES string of the molecule is CC1=COCCN(C)C1. The summed E-state index contributed by atoms with van der Waals surface area (Å²) in [6.45, 7) is 4.99. The topological polar surface area (TPSA) is 12.5 Å². The molecule has 1 heterocycles. The van der Waals surface area contributed by atoms with Crippen molar-refractivity contribution in [3.05, 3.63) is 11.8 Å². The van der Waals surface area contributed by atoms with E-state index in [-0.39, 0.29) is 0 Å². The van der Waals surface area contributed by atoms with Gasteiger partial charge in [0.2, 0.25) is 0 Å². The molecule has 0 aliphatic carbocycles. The van der Waals surface area contributed by atoms with Crippen LogP contribution in [0.15, 0.2) is 11.8 Å². The van der Waals surface area contributed by atoms with E-state index >= 15 is 0 Å². The Morgan fingerprint density at radius 1 is 1.67 bits per heavy atom. The standard InChI is InChI=1S/C7H13NO/c1-7-5-8(2)3-4-9-6-7/h6H,3-5H2,1-2H3. The Kier molecular flexibility index (Phi) is 2.11. The summed E-state index contributed by atoms with van der Waals surface area (Å²) in [4.78, 5) is 2.25. The molecule has 0 aromatic rings. The minimum Gasteiger partial charge on any atom is -0.500 e. The van der Waals surface area contributed by atoms with Gasteiger partial charge in [-0.25, -0.2) is 0 Å². The van der Waals surface area contributed by atoms with Gasteiger partial charge in [-0.2, -0.15) is 0 Å². The zero-order valence-electron chi connectivity index (χ0n) is 6.05. The first kappa shape index (κ1) is 6.62. The maximum Gasteiger partial charge on any atom is 0.1000 e. The van der Waals surface area contributed by atoms with Crippen LogP contribution in [0.25, 0.3) is 0 Å². The monoisotopic (exact) mass is 127 g/mol. The van der Waals surface area contributed by atoms with Crippen molar-refractivity contribution in [3.63, 3.8) is 0 Å². The molecule has 0 fully saturated rings. The van der Waals surface area contributed by atoms with Crippen LogP contribution in [0, 0.1) is 0 Å². The molecule has 0 radical (unpaired) electrons. The third kappa shape index (κ3) is 2.06. The Morgan fingerprint density at radius 2 is 2.44 bits per heavy atom. The second-order valence-electron chi connectivity index (χ2n) is 2.57. The van der Waals surface area contributed by atoms with Crippen LogP contribution in [0.1, 0.15) is 6.92 Å². The van der Waals surface area contributed by atoms with E-state index in [9.17, 15) is 0 Å². The molecule has 0 aromatic carbocycles. The van der Waals surface area contributed by atoms with E-state index in [0.717, 1.165) is 19.7 Å². The highest BCUT2D eigenvalue weighted by Crippen LogP contribution is 2.00. The Hall–Kier alpha value is -0.500. The van der Waals surface area contributed by atoms with Crippen molar-refractivity contribution in [1.29, 1.82) is 0 Å². The summed E-state index contributed by atoms with van der Waals surface area (Å²) in [6, 6.07) is 0. The minimum atomic E-state index is 0.827. The molecule has 2 nitrogen and oxygen atoms in total. The van der Waals surface area contributed by atoms with Gasteiger partial charge in [0.15, 0.2) is 0 Å². The van der Waals surface area contributed by atoms with E-state index in [0.29, 0.717) is 0 Å². The van der Waals surface area contributed by atoms with Crippen molar-refractivity contribution >= 4 is 0 Å². The van der Waals surface area contributed by atoms with Gasteiger partial charge in [0.05, 0.1) is 12.9 Å². The summed E-state index contributed by atoms with van der Waals surface area (Å²) < 4.78 is 5.17. The van der Waals surface area contributed by atoms with Crippen LogP contribution in [-0.2, 0) is 4.74 Å². The van der Waals surface area contributed by atoms with Gasteiger partial charge in [-0.05, 0) is 19.5 Å². The first-order valence-electron chi connectivity index (χ1n) is 3.25. The van der Waals surface area contributed by atoms with Gasteiger partial charge < -0.3 is 4.74 Å². The van der Waals surface area contributed by atoms with Gasteiger partial charge in [-0.15, -0.1) is 0 Å². The molecule has 0 saturated heterocycles. The molecule has 0 atom stereocenters. The number of rotatable bonds is 0. The Bertz CT molecular complexity index is 120. The molecule has 0 unspecified atom stereocenters. The van der Waals surface area contributed by atoms with Crippen molar-refractivity contribution in [1.82, 2.24) is 4.90 Å². The summed E-state index contributed by atoms with van der Waals surface area (Å²) in [5.74, 6) is 0. The first-order chi connectivity index (χ1) is 4.29. The number of ether oxygens (including phenoxy) is 1. The lowest BCUT2D eigenvalue weighted by molar-refractivity contribution is 0.220. The van der Waals surface area contributed by atoms with Crippen molar-refractivity contribution < 1.29 is 4.74 Å². The van der Waals surface area contributed by atoms with Crippen LogP contribution in [0.5, 0.6) is 0 Å². The van der Waals surface area contributed by atoms with Crippen LogP contribution >= 0.6 is 0 Å². The van der Waals surface area contributed by atoms with E-state index in [4.69, 9.17) is 4.74 Å². The summed E-state index contributed by atoms with van der Waals surface area (Å²) in [5, 5.41) is 0. The molecule has 0 bridgehead atoms. The molecule has 0 spiro atoms. The smallest absolute Gasteiger partial charge is 0.1000 e. The molecule has 1 aliphatic rings. The fourth-order valence-corrected chi connectivity index (χ4v) is 0.952. The van der Waals surface area contributed by atoms with E-state index in [2.05, 4.69) is 18.9 Å². The lowest BCUT2D eigenvalue weighted by Crippen LogP contribution is -2.21. The van der Waals surface area contributed by atoms with E-state index < -0.39 is 0 Å². The molecule has 0 N–H and O–H groups in total. The van der Waals surface area contributed by atoms with Crippen molar-refractivity contribution in [2.24, 2.45) is 0 Å². The van der Waals surface area contributed by atoms with Crippen LogP contribution in [0.4, 0.5) is 0 Å². The van der Waals surface area contributed by atoms with Gasteiger partial charge in [0, 0.05) is 13.1 Å². The quantitative estimate of drug-likeness (QED) is 0.478. The van der Waals surface area contributed by atoms with Gasteiger partial charge in [-0.3, -0.25) is 4.90 Å². The van der Waals surface area contributed by atoms with E-state index in [1.165, 1.54) is 5.57 Å². The zero-order valence-corrected chi connectivity index (χ0v) is 6.05. The molecule has 2 heteroatoms. The van der Waals surface area contributed by atoms with Gasteiger partial charge in [0.25, 0.3) is 0 Å². The number of hydrogen-bond acceptors (Lipinski definition) is 2. The van der Waals surface area contributed by atoms with Crippen molar-refractivity contribution in [3.8, 4) is 0 Å². The van der Waals surface area contributed by atoms with Crippen LogP contribution in [0.3, 0.4) is 0 Å². The second kappa shape index (κ2) is 2.87. The van der Waals surface area contributed by atoms with Crippen LogP contribution in [0.2, 0.25) is 0 Å². The van der Waals surface area contributed by atoms with E-state index in [1.807, 2.05) is 6.26 Å². The molecule has 1 aliphatic heterocycles. The molecular formula is C7H13NO. The van der Waals surface area contributed by atoms with Crippen molar-refractivity contribution in [2.45, 2.75) is 6.92 Å². The number of likely N-dealkylation sites (N-methyl/N-ethyl adjacent to an activating group) is 1. The lowest BCUT2D eigenvalue weighted by atomic mass is 10.3. The molecule has 1 rings (SSSR count). The first-order valence-corrected chi connectivity index (χ1v) is 3.25. The number of hydrogen-bond donors (Lipinski definition) is 0. The zero-order chi connectivity index (χ0) is 6.69. The summed E-state index contributed by atoms with van der Waals surface area (Å²) in [5.41, 5.74) is 1.30. The van der Waals surface area contributed by atoms with Gasteiger partial charge in [-0.1, -0.05) is 0 Å². The van der Waals surface area contributed by atoms with Crippen LogP contribution in [-0.4, -0.2) is 31.6 Å². The predicted molar refractivity (Wildman–Crippen MR) is 37.2 cm³/mol. The highest BCUT2D eigenvalue weighted by molar-refractivity contribution is 4.97. The minimum absolute atomic E-state index is 0.827. The number of nitrogens with zero attached hydrogens (tertiary/aromatic N) is 1. The van der Waals surface area contributed by atoms with Gasteiger partial charge >= 0.3 is 0 Å². The summed E-state index contributed by atoms with van der Waals surface area (Å²) >= 11 is 0. The third-order valence-electron chi connectivity index (χ3n) is 1.39. The average Bonchev–Trinajstić information content (AvgIpc) is 1.93. The highest BCUT2D eigenvalue weighted by atomic mass is 16.5. The van der Waals surface area contributed by atoms with Crippen LogP contribution < -0.4 is 0 Å². The fraction of sp³-hybridized carbons (Fsp3) is 0.714. The maximum absolute atomic E-state index is 5.17. The third-order valence-corrected chi connectivity index (χ3v) is 1.39. The van der Waals surface area contributed by atoms with Gasteiger partial charge in [0.1, 0.15) is 0 Å². The van der Waals surface area contributed by atoms with E-state index in [1.54, 1.807) is 0 Å². The fourth-order valence-electron chi connectivity index (χ4n) is 0.952. The normalized spacial score (nSPS) is 22.2. The Morgan fingerprint density at radius 3 is 3.22 bits per heavy atom. The summed E-state index contributed by atoms with van der Waals surface area (Å²) in [6.07, 6.45) is 1.85. The average molecular weight is 127 g/mol. The molecule has 0 amide bonds. The molecular weight excluding hydrogens is 114 g/mol. The lowest BCUT2D eigenvalue weighted by Gasteiger charge is -2.11.